The van der Waals surface area contributed by atoms with Crippen LogP contribution in [0.3, 0.4) is 0 Å². The van der Waals surface area contributed by atoms with Crippen molar-refractivity contribution < 1.29 is 19.8 Å². The summed E-state index contributed by atoms with van der Waals surface area (Å²) in [6.07, 6.45) is 19.5. The summed E-state index contributed by atoms with van der Waals surface area (Å²) in [5, 5.41) is 18.4. The van der Waals surface area contributed by atoms with Crippen molar-refractivity contribution in [2.24, 2.45) is 10.8 Å². The van der Waals surface area contributed by atoms with E-state index >= 15 is 0 Å². The van der Waals surface area contributed by atoms with Gasteiger partial charge in [0.2, 0.25) is 0 Å². The van der Waals surface area contributed by atoms with Crippen LogP contribution in [0.5, 0.6) is 0 Å². The molecule has 2 atom stereocenters. The molecule has 0 spiro atoms. The van der Waals surface area contributed by atoms with Crippen LogP contribution in [-0.4, -0.2) is 22.2 Å². The van der Waals surface area contributed by atoms with Gasteiger partial charge in [-0.25, -0.2) is 0 Å². The molecular weight excluding hydrogens is 352 g/mol. The third-order valence-corrected chi connectivity index (χ3v) is 5.68. The molecule has 0 bridgehead atoms. The average Bonchev–Trinajstić information content (AvgIpc) is 2.67. The van der Waals surface area contributed by atoms with Crippen molar-refractivity contribution in [3.8, 4) is 0 Å². The molecule has 0 aromatic heterocycles. The second kappa shape index (κ2) is 14.2. The smallest absolute Gasteiger partial charge is 0.313 e. The molecule has 4 heteroatoms. The highest BCUT2D eigenvalue weighted by Crippen LogP contribution is 2.27. The number of carbonyl (C=O) groups is 2. The number of hydrogen-bond donors (Lipinski definition) is 2. The number of aliphatic carboxylic acids is 2. The van der Waals surface area contributed by atoms with Crippen LogP contribution in [0.1, 0.15) is 90.9 Å². The lowest BCUT2D eigenvalue weighted by Crippen LogP contribution is -2.24. The van der Waals surface area contributed by atoms with Gasteiger partial charge in [0.05, 0.1) is 10.8 Å². The summed E-state index contributed by atoms with van der Waals surface area (Å²) < 4.78 is 0. The Labute approximate surface area is 171 Å². The Morgan fingerprint density at radius 1 is 0.679 bits per heavy atom. The number of hydrogen-bond acceptors (Lipinski definition) is 2. The van der Waals surface area contributed by atoms with E-state index in [0.29, 0.717) is 12.8 Å². The van der Waals surface area contributed by atoms with Gasteiger partial charge < -0.3 is 10.2 Å². The van der Waals surface area contributed by atoms with Gasteiger partial charge in [-0.05, 0) is 52.4 Å². The molecule has 0 aromatic rings. The van der Waals surface area contributed by atoms with Crippen molar-refractivity contribution >= 4 is 11.9 Å². The highest BCUT2D eigenvalue weighted by Gasteiger charge is 2.29. The minimum Gasteiger partial charge on any atom is -0.481 e. The van der Waals surface area contributed by atoms with Gasteiger partial charge in [-0.15, -0.1) is 13.2 Å². The predicted molar refractivity (Wildman–Crippen MR) is 116 cm³/mol. The van der Waals surface area contributed by atoms with E-state index in [-0.39, 0.29) is 0 Å². The van der Waals surface area contributed by atoms with Crippen LogP contribution in [0.2, 0.25) is 0 Å². The Bertz CT molecular complexity index is 477. The summed E-state index contributed by atoms with van der Waals surface area (Å²) in [6.45, 7) is 10.7. The van der Waals surface area contributed by atoms with Crippen LogP contribution in [-0.2, 0) is 9.59 Å². The van der Waals surface area contributed by atoms with Crippen molar-refractivity contribution in [1.29, 1.82) is 0 Å². The molecule has 0 aromatic carbocycles. The maximum atomic E-state index is 11.2. The molecule has 0 radical (unpaired) electrons. The average molecular weight is 393 g/mol. The first-order valence-corrected chi connectivity index (χ1v) is 10.6. The van der Waals surface area contributed by atoms with Gasteiger partial charge in [0, 0.05) is 0 Å². The van der Waals surface area contributed by atoms with Crippen LogP contribution in [0.25, 0.3) is 0 Å². The molecule has 0 saturated carbocycles. The number of rotatable bonds is 18. The first-order valence-electron chi connectivity index (χ1n) is 10.6. The van der Waals surface area contributed by atoms with Gasteiger partial charge in [0.1, 0.15) is 0 Å². The molecule has 28 heavy (non-hydrogen) atoms. The second-order valence-electron chi connectivity index (χ2n) is 8.23. The molecule has 0 aliphatic carbocycles. The topological polar surface area (TPSA) is 74.6 Å². The predicted octanol–water partition coefficient (Wildman–Crippen LogP) is 6.78. The summed E-state index contributed by atoms with van der Waals surface area (Å²) in [4.78, 5) is 22.4. The minimum absolute atomic E-state index is 0.653. The molecule has 0 rings (SSSR count). The van der Waals surface area contributed by atoms with Gasteiger partial charge in [-0.2, -0.15) is 0 Å². The maximum Gasteiger partial charge on any atom is 0.313 e. The molecule has 2 unspecified atom stereocenters. The number of allylic oxidation sites excluding steroid dienone is 2. The molecule has 2 N–H and O–H groups in total. The Morgan fingerprint density at radius 3 is 1.29 bits per heavy atom. The Morgan fingerprint density at radius 2 is 1.00 bits per heavy atom. The minimum atomic E-state index is -0.794. The Kier molecular flexibility index (Phi) is 13.3. The summed E-state index contributed by atoms with van der Waals surface area (Å²) in [5.41, 5.74) is -1.59. The fourth-order valence-corrected chi connectivity index (χ4v) is 3.04. The van der Waals surface area contributed by atoms with E-state index in [9.17, 15) is 19.8 Å². The molecule has 4 nitrogen and oxygen atoms in total. The van der Waals surface area contributed by atoms with Crippen LogP contribution >= 0.6 is 0 Å². The first kappa shape index (κ1) is 26.2. The monoisotopic (exact) mass is 392 g/mol. The van der Waals surface area contributed by atoms with Gasteiger partial charge in [0.15, 0.2) is 0 Å². The van der Waals surface area contributed by atoms with E-state index < -0.39 is 22.8 Å². The van der Waals surface area contributed by atoms with Crippen molar-refractivity contribution in [1.82, 2.24) is 0 Å². The SMILES string of the molecule is C=CC(C)(CCCCCC/C=C\CCCCCCC(C)(C=C)C(=O)O)C(=O)O. The van der Waals surface area contributed by atoms with E-state index in [1.807, 2.05) is 0 Å². The number of carboxylic acids is 2. The number of carboxylic acid groups (broad SMARTS) is 2. The van der Waals surface area contributed by atoms with Crippen molar-refractivity contribution in [3.63, 3.8) is 0 Å². The fourth-order valence-electron chi connectivity index (χ4n) is 3.04. The van der Waals surface area contributed by atoms with E-state index in [0.717, 1.165) is 64.2 Å². The lowest BCUT2D eigenvalue weighted by atomic mass is 9.85. The van der Waals surface area contributed by atoms with Gasteiger partial charge in [-0.3, -0.25) is 9.59 Å². The summed E-state index contributed by atoms with van der Waals surface area (Å²) >= 11 is 0. The van der Waals surface area contributed by atoms with Crippen LogP contribution < -0.4 is 0 Å². The molecule has 0 heterocycles. The lowest BCUT2D eigenvalue weighted by Gasteiger charge is -2.19. The zero-order valence-corrected chi connectivity index (χ0v) is 17.9. The second-order valence-corrected chi connectivity index (χ2v) is 8.23. The molecular formula is C24H40O4. The third-order valence-electron chi connectivity index (χ3n) is 5.68. The summed E-state index contributed by atoms with van der Waals surface area (Å²) in [5.74, 6) is -1.58. The highest BCUT2D eigenvalue weighted by atomic mass is 16.4. The quantitative estimate of drug-likeness (QED) is 0.199. The van der Waals surface area contributed by atoms with E-state index in [1.165, 1.54) is 0 Å². The van der Waals surface area contributed by atoms with Crippen LogP contribution in [0.15, 0.2) is 37.5 Å². The Balaban J connectivity index is 3.60. The highest BCUT2D eigenvalue weighted by molar-refractivity contribution is 5.76. The van der Waals surface area contributed by atoms with Crippen LogP contribution in [0.4, 0.5) is 0 Å². The molecule has 160 valence electrons. The van der Waals surface area contributed by atoms with Crippen molar-refractivity contribution in [2.45, 2.75) is 90.9 Å². The van der Waals surface area contributed by atoms with Gasteiger partial charge >= 0.3 is 11.9 Å². The summed E-state index contributed by atoms with van der Waals surface area (Å²) in [7, 11) is 0. The Hall–Kier alpha value is -1.84. The first-order chi connectivity index (χ1) is 13.2. The zero-order valence-electron chi connectivity index (χ0n) is 17.9. The summed E-state index contributed by atoms with van der Waals surface area (Å²) in [6, 6.07) is 0. The van der Waals surface area contributed by atoms with Crippen molar-refractivity contribution in [2.75, 3.05) is 0 Å². The van der Waals surface area contributed by atoms with E-state index in [1.54, 1.807) is 26.0 Å². The lowest BCUT2D eigenvalue weighted by molar-refractivity contribution is -0.146. The molecule has 0 fully saturated rings. The number of unbranched alkanes of at least 4 members (excludes halogenated alkanes) is 8. The van der Waals surface area contributed by atoms with Crippen molar-refractivity contribution in [3.05, 3.63) is 37.5 Å². The normalized spacial score (nSPS) is 15.6. The largest absolute Gasteiger partial charge is 0.481 e. The fraction of sp³-hybridized carbons (Fsp3) is 0.667. The van der Waals surface area contributed by atoms with Gasteiger partial charge in [0.25, 0.3) is 0 Å². The van der Waals surface area contributed by atoms with E-state index in [4.69, 9.17) is 0 Å². The maximum absolute atomic E-state index is 11.2. The molecule has 0 aliphatic heterocycles. The zero-order chi connectivity index (χ0) is 21.5. The molecule has 0 aliphatic rings. The molecule has 0 amide bonds. The third kappa shape index (κ3) is 10.5. The standard InChI is InChI=1S/C24H40O4/c1-5-23(3,21(25)26)19-17-15-13-11-9-7-8-10-12-14-16-18-20-24(4,6-2)22(27)28/h5-8H,1-2,9-20H2,3-4H3,(H,25,26)(H,27,28)/b8-7-. The molecule has 0 saturated heterocycles. The van der Waals surface area contributed by atoms with E-state index in [2.05, 4.69) is 25.3 Å². The van der Waals surface area contributed by atoms with Gasteiger partial charge in [-0.1, -0.05) is 62.8 Å². The van der Waals surface area contributed by atoms with Crippen LogP contribution in [0, 0.1) is 10.8 Å².